The summed E-state index contributed by atoms with van der Waals surface area (Å²) in [7, 11) is 2.00. The molecule has 4 heteroatoms. The minimum Gasteiger partial charge on any atom is -0.355 e. The molecule has 0 heterocycles. The van der Waals surface area contributed by atoms with Gasteiger partial charge < -0.3 is 11.1 Å². The minimum atomic E-state index is -0.0308. The second kappa shape index (κ2) is 6.36. The number of nitrogens with one attached hydrogen (secondary N) is 1. The molecule has 17 heavy (non-hydrogen) atoms. The lowest BCUT2D eigenvalue weighted by molar-refractivity contribution is -0.123. The number of hydrogen-bond donors (Lipinski definition) is 2. The number of nitrogens with two attached hydrogens (primary N) is 1. The summed E-state index contributed by atoms with van der Waals surface area (Å²) >= 11 is 0. The fraction of sp³-hybridized carbons (Fsp3) is 0.923. The van der Waals surface area contributed by atoms with E-state index in [1.165, 1.54) is 12.8 Å². The zero-order chi connectivity index (χ0) is 12.9. The van der Waals surface area contributed by atoms with E-state index in [2.05, 4.69) is 24.1 Å². The van der Waals surface area contributed by atoms with Crippen molar-refractivity contribution in [2.75, 3.05) is 26.7 Å². The summed E-state index contributed by atoms with van der Waals surface area (Å²) in [4.78, 5) is 13.9. The van der Waals surface area contributed by atoms with Crippen molar-refractivity contribution in [2.24, 2.45) is 11.7 Å². The summed E-state index contributed by atoms with van der Waals surface area (Å²) < 4.78 is 0. The highest BCUT2D eigenvalue weighted by molar-refractivity contribution is 5.78. The Hall–Kier alpha value is -0.610. The smallest absolute Gasteiger partial charge is 0.234 e. The van der Waals surface area contributed by atoms with Crippen molar-refractivity contribution in [3.63, 3.8) is 0 Å². The van der Waals surface area contributed by atoms with Gasteiger partial charge in [-0.2, -0.15) is 0 Å². The lowest BCUT2D eigenvalue weighted by Crippen LogP contribution is -2.54. The standard InChI is InChI=1S/C13H27N3O/c1-4-13(5-2,10-14)16(3)9-12(17)15-8-11-6-7-11/h11H,4-10,14H2,1-3H3,(H,15,17). The molecule has 1 aliphatic carbocycles. The van der Waals surface area contributed by atoms with E-state index in [1.54, 1.807) is 0 Å². The summed E-state index contributed by atoms with van der Waals surface area (Å²) in [6.07, 6.45) is 4.50. The second-order valence-electron chi connectivity index (χ2n) is 5.24. The summed E-state index contributed by atoms with van der Waals surface area (Å²) in [5, 5.41) is 3.00. The van der Waals surface area contributed by atoms with E-state index in [1.807, 2.05) is 7.05 Å². The van der Waals surface area contributed by atoms with Crippen molar-refractivity contribution in [2.45, 2.75) is 45.1 Å². The molecular weight excluding hydrogens is 214 g/mol. The topological polar surface area (TPSA) is 58.4 Å². The number of likely N-dealkylation sites (N-methyl/N-ethyl adjacent to an activating group) is 1. The number of nitrogens with zero attached hydrogens (tertiary/aromatic N) is 1. The Morgan fingerprint density at radius 1 is 1.41 bits per heavy atom. The van der Waals surface area contributed by atoms with Gasteiger partial charge in [0.15, 0.2) is 0 Å². The number of carbonyl (C=O) groups excluding carboxylic acids is 1. The van der Waals surface area contributed by atoms with Gasteiger partial charge in [-0.1, -0.05) is 13.8 Å². The molecule has 0 atom stereocenters. The van der Waals surface area contributed by atoms with Gasteiger partial charge in [-0.25, -0.2) is 0 Å². The molecule has 0 aromatic carbocycles. The molecule has 1 saturated carbocycles. The number of rotatable bonds is 8. The van der Waals surface area contributed by atoms with Crippen molar-refractivity contribution in [3.05, 3.63) is 0 Å². The van der Waals surface area contributed by atoms with E-state index in [0.29, 0.717) is 13.1 Å². The number of hydrogen-bond acceptors (Lipinski definition) is 3. The van der Waals surface area contributed by atoms with Crippen LogP contribution in [0.2, 0.25) is 0 Å². The molecule has 4 nitrogen and oxygen atoms in total. The average Bonchev–Trinajstić information content (AvgIpc) is 3.13. The van der Waals surface area contributed by atoms with Gasteiger partial charge >= 0.3 is 0 Å². The van der Waals surface area contributed by atoms with Crippen LogP contribution in [0.15, 0.2) is 0 Å². The van der Waals surface area contributed by atoms with Crippen LogP contribution in [0.25, 0.3) is 0 Å². The van der Waals surface area contributed by atoms with E-state index >= 15 is 0 Å². The highest BCUT2D eigenvalue weighted by atomic mass is 16.2. The molecule has 1 rings (SSSR count). The van der Waals surface area contributed by atoms with E-state index in [4.69, 9.17) is 5.73 Å². The largest absolute Gasteiger partial charge is 0.355 e. The molecule has 1 aliphatic rings. The third-order valence-corrected chi connectivity index (χ3v) is 4.17. The fourth-order valence-electron chi connectivity index (χ4n) is 2.25. The van der Waals surface area contributed by atoms with Gasteiger partial charge in [0.05, 0.1) is 6.54 Å². The van der Waals surface area contributed by atoms with E-state index in [0.717, 1.165) is 25.3 Å². The first-order chi connectivity index (χ1) is 8.07. The van der Waals surface area contributed by atoms with E-state index < -0.39 is 0 Å². The molecule has 1 amide bonds. The van der Waals surface area contributed by atoms with Gasteiger partial charge in [0.1, 0.15) is 0 Å². The van der Waals surface area contributed by atoms with Crippen LogP contribution in [0.1, 0.15) is 39.5 Å². The van der Waals surface area contributed by atoms with Gasteiger partial charge in [0, 0.05) is 18.6 Å². The number of carbonyl (C=O) groups is 1. The molecule has 100 valence electrons. The maximum atomic E-state index is 11.8. The Kier molecular flexibility index (Phi) is 5.40. The molecule has 0 aromatic rings. The molecule has 0 saturated heterocycles. The molecule has 0 spiro atoms. The normalized spacial score (nSPS) is 16.3. The Morgan fingerprint density at radius 3 is 2.41 bits per heavy atom. The lowest BCUT2D eigenvalue weighted by Gasteiger charge is -2.39. The predicted octanol–water partition coefficient (Wildman–Crippen LogP) is 0.962. The molecule has 1 fully saturated rings. The molecule has 0 unspecified atom stereocenters. The summed E-state index contributed by atoms with van der Waals surface area (Å²) in [6.45, 7) is 6.17. The van der Waals surface area contributed by atoms with Crippen LogP contribution >= 0.6 is 0 Å². The summed E-state index contributed by atoms with van der Waals surface area (Å²) in [5.74, 6) is 0.861. The lowest BCUT2D eigenvalue weighted by atomic mass is 9.91. The molecule has 0 bridgehead atoms. The first kappa shape index (κ1) is 14.5. The highest BCUT2D eigenvalue weighted by Crippen LogP contribution is 2.27. The van der Waals surface area contributed by atoms with Crippen molar-refractivity contribution in [3.8, 4) is 0 Å². The van der Waals surface area contributed by atoms with Crippen molar-refractivity contribution < 1.29 is 4.79 Å². The van der Waals surface area contributed by atoms with Crippen LogP contribution in [-0.4, -0.2) is 43.0 Å². The Morgan fingerprint density at radius 2 is 2.00 bits per heavy atom. The summed E-state index contributed by atoms with van der Waals surface area (Å²) in [5.41, 5.74) is 5.83. The van der Waals surface area contributed by atoms with Crippen LogP contribution in [0, 0.1) is 5.92 Å². The van der Waals surface area contributed by atoms with E-state index in [9.17, 15) is 4.79 Å². The first-order valence-corrected chi connectivity index (χ1v) is 6.76. The van der Waals surface area contributed by atoms with Crippen molar-refractivity contribution in [1.82, 2.24) is 10.2 Å². The summed E-state index contributed by atoms with van der Waals surface area (Å²) in [6, 6.07) is 0. The monoisotopic (exact) mass is 241 g/mol. The van der Waals surface area contributed by atoms with Crippen molar-refractivity contribution >= 4 is 5.91 Å². The SMILES string of the molecule is CCC(CC)(CN)N(C)CC(=O)NCC1CC1. The van der Waals surface area contributed by atoms with Gasteiger partial charge in [-0.3, -0.25) is 9.69 Å². The Labute approximate surface area is 105 Å². The molecular formula is C13H27N3O. The predicted molar refractivity (Wildman–Crippen MR) is 70.7 cm³/mol. The first-order valence-electron chi connectivity index (χ1n) is 6.76. The van der Waals surface area contributed by atoms with Gasteiger partial charge in [-0.15, -0.1) is 0 Å². The Balaban J connectivity index is 2.38. The minimum absolute atomic E-state index is 0.0308. The van der Waals surface area contributed by atoms with Crippen molar-refractivity contribution in [1.29, 1.82) is 0 Å². The number of amides is 1. The van der Waals surface area contributed by atoms with Gasteiger partial charge in [0.25, 0.3) is 0 Å². The zero-order valence-electron chi connectivity index (χ0n) is 11.5. The van der Waals surface area contributed by atoms with Gasteiger partial charge in [-0.05, 0) is 38.6 Å². The van der Waals surface area contributed by atoms with Crippen LogP contribution in [0.5, 0.6) is 0 Å². The molecule has 0 radical (unpaired) electrons. The van der Waals surface area contributed by atoms with E-state index in [-0.39, 0.29) is 11.4 Å². The maximum absolute atomic E-state index is 11.8. The highest BCUT2D eigenvalue weighted by Gasteiger charge is 2.30. The average molecular weight is 241 g/mol. The molecule has 0 aliphatic heterocycles. The van der Waals surface area contributed by atoms with Crippen LogP contribution in [-0.2, 0) is 4.79 Å². The van der Waals surface area contributed by atoms with Crippen LogP contribution in [0.4, 0.5) is 0 Å². The fourth-order valence-corrected chi connectivity index (χ4v) is 2.25. The molecule has 0 aromatic heterocycles. The van der Waals surface area contributed by atoms with Gasteiger partial charge in [0.2, 0.25) is 5.91 Å². The second-order valence-corrected chi connectivity index (χ2v) is 5.24. The molecule has 3 N–H and O–H groups in total. The van der Waals surface area contributed by atoms with Crippen LogP contribution in [0.3, 0.4) is 0 Å². The third-order valence-electron chi connectivity index (χ3n) is 4.17. The third kappa shape index (κ3) is 3.96. The zero-order valence-corrected chi connectivity index (χ0v) is 11.5. The Bertz CT molecular complexity index is 239. The maximum Gasteiger partial charge on any atom is 0.234 e. The quantitative estimate of drug-likeness (QED) is 0.665. The van der Waals surface area contributed by atoms with Crippen LogP contribution < -0.4 is 11.1 Å².